The van der Waals surface area contributed by atoms with Crippen molar-refractivity contribution in [3.05, 3.63) is 64.2 Å². The Hall–Kier alpha value is -2.21. The van der Waals surface area contributed by atoms with Gasteiger partial charge in [0.1, 0.15) is 17.3 Å². The van der Waals surface area contributed by atoms with E-state index in [-0.39, 0.29) is 0 Å². The van der Waals surface area contributed by atoms with Crippen molar-refractivity contribution in [2.24, 2.45) is 0 Å². The van der Waals surface area contributed by atoms with Crippen molar-refractivity contribution in [1.82, 2.24) is 4.98 Å². The molecule has 0 bridgehead atoms. The van der Waals surface area contributed by atoms with E-state index in [1.807, 2.05) is 0 Å². The number of methoxy groups -OCH3 is 1. The van der Waals surface area contributed by atoms with Gasteiger partial charge in [-0.1, -0.05) is 12.1 Å². The van der Waals surface area contributed by atoms with Gasteiger partial charge in [0.15, 0.2) is 12.0 Å². The zero-order valence-electron chi connectivity index (χ0n) is 11.5. The van der Waals surface area contributed by atoms with Crippen LogP contribution in [0.4, 0.5) is 4.39 Å². The number of aromatic nitrogens is 1. The smallest absolute Gasteiger partial charge is 0.317 e. The van der Waals surface area contributed by atoms with Gasteiger partial charge in [-0.15, -0.1) is 0 Å². The van der Waals surface area contributed by atoms with E-state index < -0.39 is 17.7 Å². The molecule has 112 valence electrons. The van der Waals surface area contributed by atoms with Crippen LogP contribution in [0.1, 0.15) is 17.0 Å². The third kappa shape index (κ3) is 2.62. The molecule has 0 aliphatic rings. The number of halogens is 2. The first-order valence-electron chi connectivity index (χ1n) is 6.46. The predicted octanol–water partition coefficient (Wildman–Crippen LogP) is 4.03. The Balaban J connectivity index is 2.12. The Bertz CT molecular complexity index is 846. The maximum atomic E-state index is 13.8. The molecule has 1 heterocycles. The highest BCUT2D eigenvalue weighted by atomic mass is 79.9. The fourth-order valence-electron chi connectivity index (χ4n) is 2.33. The van der Waals surface area contributed by atoms with E-state index in [4.69, 9.17) is 9.15 Å². The van der Waals surface area contributed by atoms with Crippen molar-refractivity contribution in [2.45, 2.75) is 5.92 Å². The zero-order valence-corrected chi connectivity index (χ0v) is 13.1. The molecule has 0 fully saturated rings. The lowest BCUT2D eigenvalue weighted by Crippen LogP contribution is -2.16. The van der Waals surface area contributed by atoms with E-state index in [0.717, 1.165) is 0 Å². The number of hydrogen-bond donors (Lipinski definition) is 0. The molecule has 4 nitrogen and oxygen atoms in total. The van der Waals surface area contributed by atoms with Crippen LogP contribution in [0.15, 0.2) is 51.7 Å². The molecule has 0 amide bonds. The molecule has 6 heteroatoms. The number of carbonyl (C=O) groups is 1. The molecule has 0 aliphatic carbocycles. The molecular formula is C16H11BrFNO3. The Kier molecular flexibility index (Phi) is 3.94. The Morgan fingerprint density at radius 3 is 2.73 bits per heavy atom. The minimum atomic E-state index is -0.728. The van der Waals surface area contributed by atoms with Crippen molar-refractivity contribution >= 4 is 33.0 Å². The molecule has 1 aromatic heterocycles. The number of benzene rings is 2. The van der Waals surface area contributed by atoms with E-state index in [0.29, 0.717) is 26.7 Å². The van der Waals surface area contributed by atoms with Gasteiger partial charge in [0, 0.05) is 0 Å². The van der Waals surface area contributed by atoms with Gasteiger partial charge in [0.25, 0.3) is 0 Å². The lowest BCUT2D eigenvalue weighted by Gasteiger charge is -2.16. The first-order valence-corrected chi connectivity index (χ1v) is 7.25. The normalized spacial score (nSPS) is 12.3. The van der Waals surface area contributed by atoms with Gasteiger partial charge in [-0.25, -0.2) is 9.37 Å². The van der Waals surface area contributed by atoms with Crippen molar-refractivity contribution in [1.29, 1.82) is 0 Å². The zero-order chi connectivity index (χ0) is 15.7. The van der Waals surface area contributed by atoms with E-state index in [2.05, 4.69) is 20.9 Å². The van der Waals surface area contributed by atoms with E-state index in [1.54, 1.807) is 30.3 Å². The number of rotatable bonds is 3. The summed E-state index contributed by atoms with van der Waals surface area (Å²) in [6, 6.07) is 9.77. The summed E-state index contributed by atoms with van der Waals surface area (Å²) in [4.78, 5) is 16.3. The average Bonchev–Trinajstić information content (AvgIpc) is 2.98. The first kappa shape index (κ1) is 14.7. The van der Waals surface area contributed by atoms with Gasteiger partial charge in [0.05, 0.1) is 11.6 Å². The van der Waals surface area contributed by atoms with Crippen molar-refractivity contribution in [3.63, 3.8) is 0 Å². The van der Waals surface area contributed by atoms with Crippen LogP contribution >= 0.6 is 15.9 Å². The number of carbonyl (C=O) groups excluding carboxylic acids is 1. The van der Waals surface area contributed by atoms with Crippen molar-refractivity contribution < 1.29 is 18.3 Å². The van der Waals surface area contributed by atoms with Crippen LogP contribution < -0.4 is 0 Å². The third-order valence-electron chi connectivity index (χ3n) is 3.40. The summed E-state index contributed by atoms with van der Waals surface area (Å²) in [5, 5.41) is 0. The summed E-state index contributed by atoms with van der Waals surface area (Å²) in [6.45, 7) is 0. The molecule has 0 radical (unpaired) electrons. The van der Waals surface area contributed by atoms with Crippen LogP contribution in [0, 0.1) is 5.82 Å². The second kappa shape index (κ2) is 5.88. The van der Waals surface area contributed by atoms with E-state index in [9.17, 15) is 9.18 Å². The fraction of sp³-hybridized carbons (Fsp3) is 0.125. The minimum absolute atomic E-state index is 0.340. The highest BCUT2D eigenvalue weighted by molar-refractivity contribution is 9.10. The molecule has 0 saturated heterocycles. The Labute approximate surface area is 134 Å². The van der Waals surface area contributed by atoms with Crippen LogP contribution in [0.25, 0.3) is 11.1 Å². The number of nitrogens with zero attached hydrogens (tertiary/aromatic N) is 1. The van der Waals surface area contributed by atoms with Gasteiger partial charge in [0.2, 0.25) is 0 Å². The summed E-state index contributed by atoms with van der Waals surface area (Å²) >= 11 is 3.10. The number of fused-ring (bicyclic) bond motifs is 1. The Morgan fingerprint density at radius 2 is 2.00 bits per heavy atom. The van der Waals surface area contributed by atoms with E-state index in [1.165, 1.54) is 19.6 Å². The summed E-state index contributed by atoms with van der Waals surface area (Å²) in [6.07, 6.45) is 1.33. The summed E-state index contributed by atoms with van der Waals surface area (Å²) in [7, 11) is 1.30. The number of oxazole rings is 1. The molecule has 1 unspecified atom stereocenters. The standard InChI is InChI=1S/C16H11BrFNO3/c1-21-16(20)15(9-2-4-11(17)12(18)6-9)10-3-5-14-13(7-10)19-8-22-14/h2-8,15H,1H3. The molecule has 3 rings (SSSR count). The monoisotopic (exact) mass is 363 g/mol. The van der Waals surface area contributed by atoms with Gasteiger partial charge < -0.3 is 9.15 Å². The molecule has 0 N–H and O–H groups in total. The molecule has 0 spiro atoms. The second-order valence-electron chi connectivity index (χ2n) is 4.71. The summed E-state index contributed by atoms with van der Waals surface area (Å²) in [5.41, 5.74) is 2.42. The largest absolute Gasteiger partial charge is 0.468 e. The van der Waals surface area contributed by atoms with Crippen LogP contribution in [-0.4, -0.2) is 18.1 Å². The molecule has 0 saturated carbocycles. The highest BCUT2D eigenvalue weighted by Crippen LogP contribution is 2.30. The molecule has 0 aliphatic heterocycles. The lowest BCUT2D eigenvalue weighted by molar-refractivity contribution is -0.141. The van der Waals surface area contributed by atoms with Crippen molar-refractivity contribution in [3.8, 4) is 0 Å². The maximum absolute atomic E-state index is 13.8. The SMILES string of the molecule is COC(=O)C(c1ccc(Br)c(F)c1)c1ccc2ocnc2c1. The second-order valence-corrected chi connectivity index (χ2v) is 5.56. The van der Waals surface area contributed by atoms with Crippen LogP contribution in [-0.2, 0) is 9.53 Å². The molecule has 1 atom stereocenters. The number of esters is 1. The van der Waals surface area contributed by atoms with E-state index >= 15 is 0 Å². The highest BCUT2D eigenvalue weighted by Gasteiger charge is 2.25. The van der Waals surface area contributed by atoms with Gasteiger partial charge in [-0.3, -0.25) is 4.79 Å². The van der Waals surface area contributed by atoms with Gasteiger partial charge >= 0.3 is 5.97 Å². The van der Waals surface area contributed by atoms with Gasteiger partial charge in [-0.05, 0) is 51.3 Å². The van der Waals surface area contributed by atoms with Crippen LogP contribution in [0.5, 0.6) is 0 Å². The minimum Gasteiger partial charge on any atom is -0.468 e. The first-order chi connectivity index (χ1) is 10.6. The fourth-order valence-corrected chi connectivity index (χ4v) is 2.58. The lowest BCUT2D eigenvalue weighted by atomic mass is 9.91. The number of hydrogen-bond acceptors (Lipinski definition) is 4. The average molecular weight is 364 g/mol. The number of ether oxygens (including phenoxy) is 1. The van der Waals surface area contributed by atoms with Gasteiger partial charge in [-0.2, -0.15) is 0 Å². The quantitative estimate of drug-likeness (QED) is 0.659. The predicted molar refractivity (Wildman–Crippen MR) is 82.0 cm³/mol. The maximum Gasteiger partial charge on any atom is 0.317 e. The van der Waals surface area contributed by atoms with Crippen molar-refractivity contribution in [2.75, 3.05) is 7.11 Å². The van der Waals surface area contributed by atoms with Crippen LogP contribution in [0.3, 0.4) is 0 Å². The summed E-state index contributed by atoms with van der Waals surface area (Å²) in [5.74, 6) is -1.63. The molecule has 22 heavy (non-hydrogen) atoms. The molecule has 2 aromatic carbocycles. The van der Waals surface area contributed by atoms with Crippen LogP contribution in [0.2, 0.25) is 0 Å². The third-order valence-corrected chi connectivity index (χ3v) is 4.04. The Morgan fingerprint density at radius 1 is 1.27 bits per heavy atom. The molecule has 3 aromatic rings. The summed E-state index contributed by atoms with van der Waals surface area (Å²) < 4.78 is 24.2. The molecular weight excluding hydrogens is 353 g/mol. The topological polar surface area (TPSA) is 52.3 Å².